The van der Waals surface area contributed by atoms with Crippen LogP contribution in [0.2, 0.25) is 0 Å². The van der Waals surface area contributed by atoms with Crippen molar-refractivity contribution in [3.05, 3.63) is 78.1 Å². The maximum atomic E-state index is 13.9. The molecule has 2 rings (SSSR count). The van der Waals surface area contributed by atoms with E-state index >= 15 is 0 Å². The monoisotopic (exact) mass is 435 g/mol. The molecule has 3 N–H and O–H groups in total. The molecule has 0 aliphatic carbocycles. The first kappa shape index (κ1) is 22.7. The molecule has 0 saturated carbocycles. The van der Waals surface area contributed by atoms with Gasteiger partial charge in [0.15, 0.2) is 6.61 Å². The van der Waals surface area contributed by atoms with Gasteiger partial charge in [-0.15, -0.1) is 6.58 Å². The van der Waals surface area contributed by atoms with Gasteiger partial charge in [0.2, 0.25) is 10.0 Å². The van der Waals surface area contributed by atoms with E-state index in [0.717, 1.165) is 18.2 Å². The molecule has 158 valence electrons. The lowest BCUT2D eigenvalue weighted by atomic mass is 10.2. The molecule has 0 fully saturated rings. The van der Waals surface area contributed by atoms with Gasteiger partial charge in [0.05, 0.1) is 5.56 Å². The molecule has 0 aliphatic heterocycles. The Bertz CT molecular complexity index is 1060. The van der Waals surface area contributed by atoms with Gasteiger partial charge in [-0.2, -0.15) is 0 Å². The van der Waals surface area contributed by atoms with Gasteiger partial charge >= 0.3 is 5.97 Å². The largest absolute Gasteiger partial charge is 0.452 e. The quantitative estimate of drug-likeness (QED) is 0.321. The number of carbonyl (C=O) groups excluding carboxylic acids is 3. The third kappa shape index (κ3) is 6.22. The molecule has 0 unspecified atom stereocenters. The van der Waals surface area contributed by atoms with Crippen molar-refractivity contribution in [1.82, 2.24) is 15.6 Å². The fourth-order valence-electron chi connectivity index (χ4n) is 2.12. The zero-order chi connectivity index (χ0) is 22.1. The Hall–Kier alpha value is -3.57. The molecule has 0 aromatic heterocycles. The number of carbonyl (C=O) groups is 3. The normalized spacial score (nSPS) is 10.7. The van der Waals surface area contributed by atoms with Crippen LogP contribution in [0.3, 0.4) is 0 Å². The number of sulfonamides is 1. The lowest BCUT2D eigenvalue weighted by molar-refractivity contribution is -0.125. The lowest BCUT2D eigenvalue weighted by Gasteiger charge is -2.10. The number of hydrogen-bond acceptors (Lipinski definition) is 6. The van der Waals surface area contributed by atoms with E-state index in [0.29, 0.717) is 5.56 Å². The molecule has 0 radical (unpaired) electrons. The third-order valence-electron chi connectivity index (χ3n) is 3.56. The summed E-state index contributed by atoms with van der Waals surface area (Å²) in [6.45, 7) is 2.46. The van der Waals surface area contributed by atoms with Gasteiger partial charge in [0.1, 0.15) is 10.7 Å². The van der Waals surface area contributed by atoms with Crippen molar-refractivity contribution >= 4 is 27.8 Å². The highest BCUT2D eigenvalue weighted by atomic mass is 32.2. The second kappa shape index (κ2) is 10.3. The van der Waals surface area contributed by atoms with Gasteiger partial charge < -0.3 is 4.74 Å². The third-order valence-corrected chi connectivity index (χ3v) is 5.00. The minimum Gasteiger partial charge on any atom is -0.452 e. The molecular formula is C19H18FN3O6S. The van der Waals surface area contributed by atoms with Gasteiger partial charge in [-0.25, -0.2) is 22.3 Å². The molecule has 11 heteroatoms. The average molecular weight is 435 g/mol. The maximum Gasteiger partial charge on any atom is 0.338 e. The Balaban J connectivity index is 1.94. The number of benzene rings is 2. The summed E-state index contributed by atoms with van der Waals surface area (Å²) in [4.78, 5) is 34.9. The summed E-state index contributed by atoms with van der Waals surface area (Å²) < 4.78 is 44.9. The van der Waals surface area contributed by atoms with Crippen LogP contribution >= 0.6 is 0 Å². The molecule has 0 spiro atoms. The number of rotatable bonds is 8. The zero-order valence-corrected chi connectivity index (χ0v) is 16.4. The molecule has 0 bridgehead atoms. The van der Waals surface area contributed by atoms with Crippen LogP contribution in [0, 0.1) is 5.82 Å². The highest BCUT2D eigenvalue weighted by Crippen LogP contribution is 2.17. The molecule has 30 heavy (non-hydrogen) atoms. The average Bonchev–Trinajstić information content (AvgIpc) is 2.75. The van der Waals surface area contributed by atoms with Gasteiger partial charge in [-0.3, -0.25) is 20.4 Å². The first-order chi connectivity index (χ1) is 14.2. The molecule has 0 saturated heterocycles. The number of hydrogen-bond donors (Lipinski definition) is 3. The van der Waals surface area contributed by atoms with Crippen molar-refractivity contribution in [3.8, 4) is 0 Å². The van der Waals surface area contributed by atoms with Crippen molar-refractivity contribution in [3.63, 3.8) is 0 Å². The molecule has 0 aliphatic rings. The molecule has 0 atom stereocenters. The highest BCUT2D eigenvalue weighted by Gasteiger charge is 2.21. The second-order valence-corrected chi connectivity index (χ2v) is 7.47. The number of ether oxygens (including phenoxy) is 1. The minimum atomic E-state index is -4.22. The Kier molecular flexibility index (Phi) is 7.78. The Morgan fingerprint density at radius 1 is 1.03 bits per heavy atom. The second-order valence-electron chi connectivity index (χ2n) is 5.73. The number of nitrogens with one attached hydrogen (secondary N) is 3. The molecule has 9 nitrogen and oxygen atoms in total. The standard InChI is InChI=1S/C19H18FN3O6S/c1-2-10-21-30(27,28)16-11-14(8-9-15(16)20)19(26)29-12-17(24)22-23-18(25)13-6-4-3-5-7-13/h2-9,11,21H,1,10,12H2,(H,22,24)(H,23,25). The summed E-state index contributed by atoms with van der Waals surface area (Å²) in [6, 6.07) is 10.7. The van der Waals surface area contributed by atoms with E-state index < -0.39 is 45.1 Å². The summed E-state index contributed by atoms with van der Waals surface area (Å²) in [6.07, 6.45) is 1.27. The Labute approximate surface area is 171 Å². The van der Waals surface area contributed by atoms with E-state index in [2.05, 4.69) is 22.2 Å². The van der Waals surface area contributed by atoms with Crippen molar-refractivity contribution in [2.75, 3.05) is 13.2 Å². The summed E-state index contributed by atoms with van der Waals surface area (Å²) in [5.41, 5.74) is 4.23. The lowest BCUT2D eigenvalue weighted by Crippen LogP contribution is -2.43. The molecule has 2 aromatic carbocycles. The summed E-state index contributed by atoms with van der Waals surface area (Å²) in [7, 11) is -4.22. The van der Waals surface area contributed by atoms with Crippen LogP contribution in [-0.4, -0.2) is 39.4 Å². The predicted octanol–water partition coefficient (Wildman–Crippen LogP) is 0.908. The van der Waals surface area contributed by atoms with Crippen LogP contribution < -0.4 is 15.6 Å². The number of esters is 1. The smallest absolute Gasteiger partial charge is 0.338 e. The fraction of sp³-hybridized carbons (Fsp3) is 0.105. The number of halogens is 1. The molecular weight excluding hydrogens is 417 g/mol. The van der Waals surface area contributed by atoms with E-state index in [9.17, 15) is 27.2 Å². The number of hydrazine groups is 1. The van der Waals surface area contributed by atoms with Gasteiger partial charge in [-0.1, -0.05) is 24.3 Å². The maximum absolute atomic E-state index is 13.9. The summed E-state index contributed by atoms with van der Waals surface area (Å²) >= 11 is 0. The van der Waals surface area contributed by atoms with Gasteiger partial charge in [0, 0.05) is 12.1 Å². The fourth-order valence-corrected chi connectivity index (χ4v) is 3.22. The van der Waals surface area contributed by atoms with Gasteiger partial charge in [-0.05, 0) is 30.3 Å². The van der Waals surface area contributed by atoms with E-state index in [-0.39, 0.29) is 12.1 Å². The van der Waals surface area contributed by atoms with E-state index in [1.54, 1.807) is 18.2 Å². The van der Waals surface area contributed by atoms with Crippen molar-refractivity contribution in [2.24, 2.45) is 0 Å². The zero-order valence-electron chi connectivity index (χ0n) is 15.6. The molecule has 2 amide bonds. The first-order valence-electron chi connectivity index (χ1n) is 8.46. The summed E-state index contributed by atoms with van der Waals surface area (Å²) in [5, 5.41) is 0. The predicted molar refractivity (Wildman–Crippen MR) is 104 cm³/mol. The first-order valence-corrected chi connectivity index (χ1v) is 9.94. The summed E-state index contributed by atoms with van der Waals surface area (Å²) in [5.74, 6) is -3.53. The van der Waals surface area contributed by atoms with Crippen LogP contribution in [-0.2, 0) is 19.6 Å². The topological polar surface area (TPSA) is 131 Å². The molecule has 0 heterocycles. The van der Waals surface area contributed by atoms with Crippen LogP contribution in [0.15, 0.2) is 66.1 Å². The van der Waals surface area contributed by atoms with E-state index in [1.165, 1.54) is 18.2 Å². The number of amides is 2. The SMILES string of the molecule is C=CCNS(=O)(=O)c1cc(C(=O)OCC(=O)NNC(=O)c2ccccc2)ccc1F. The Morgan fingerprint density at radius 2 is 1.73 bits per heavy atom. The minimum absolute atomic E-state index is 0.134. The van der Waals surface area contributed by atoms with Crippen molar-refractivity contribution in [1.29, 1.82) is 0 Å². The van der Waals surface area contributed by atoms with Crippen LogP contribution in [0.4, 0.5) is 4.39 Å². The van der Waals surface area contributed by atoms with Crippen molar-refractivity contribution in [2.45, 2.75) is 4.90 Å². The Morgan fingerprint density at radius 3 is 2.40 bits per heavy atom. The van der Waals surface area contributed by atoms with Crippen LogP contribution in [0.1, 0.15) is 20.7 Å². The van der Waals surface area contributed by atoms with Crippen molar-refractivity contribution < 1.29 is 31.9 Å². The molecule has 2 aromatic rings. The van der Waals surface area contributed by atoms with Crippen LogP contribution in [0.25, 0.3) is 0 Å². The van der Waals surface area contributed by atoms with E-state index in [4.69, 9.17) is 4.74 Å². The van der Waals surface area contributed by atoms with Crippen LogP contribution in [0.5, 0.6) is 0 Å². The van der Waals surface area contributed by atoms with Gasteiger partial charge in [0.25, 0.3) is 11.8 Å². The van der Waals surface area contributed by atoms with E-state index in [1.807, 2.05) is 0 Å². The highest BCUT2D eigenvalue weighted by molar-refractivity contribution is 7.89.